The lowest BCUT2D eigenvalue weighted by molar-refractivity contribution is -0.130. The van der Waals surface area contributed by atoms with Crippen molar-refractivity contribution in [1.29, 1.82) is 0 Å². The van der Waals surface area contributed by atoms with Crippen molar-refractivity contribution in [1.82, 2.24) is 35.4 Å². The van der Waals surface area contributed by atoms with E-state index in [9.17, 15) is 24.3 Å². The largest absolute Gasteiger partial charge is 0.465 e. The number of hydrogen-bond acceptors (Lipinski definition) is 9. The molecule has 0 unspecified atom stereocenters. The Hall–Kier alpha value is -3.95. The molecule has 16 heteroatoms. The summed E-state index contributed by atoms with van der Waals surface area (Å²) in [6, 6.07) is -0.989. The summed E-state index contributed by atoms with van der Waals surface area (Å²) in [5, 5.41) is 23.7. The molecule has 2 atom stereocenters. The van der Waals surface area contributed by atoms with Crippen LogP contribution < -0.4 is 16.4 Å². The van der Waals surface area contributed by atoms with Crippen LogP contribution in [0.4, 0.5) is 14.4 Å². The van der Waals surface area contributed by atoms with Crippen LogP contribution in [0.15, 0.2) is 11.2 Å². The molecule has 2 aliphatic rings. The molecule has 2 fully saturated rings. The minimum absolute atomic E-state index is 0.0280. The Bertz CT molecular complexity index is 1120. The first-order valence-electron chi connectivity index (χ1n) is 12.5. The summed E-state index contributed by atoms with van der Waals surface area (Å²) in [5.74, 6) is -0.422. The van der Waals surface area contributed by atoms with Crippen LogP contribution in [0, 0.1) is 5.92 Å². The van der Waals surface area contributed by atoms with Crippen molar-refractivity contribution in [3.05, 3.63) is 11.9 Å². The fourth-order valence-electron chi connectivity index (χ4n) is 3.74. The number of nitrogens with one attached hydrogen (secondary N) is 2. The first-order chi connectivity index (χ1) is 18.0. The van der Waals surface area contributed by atoms with Gasteiger partial charge in [-0.05, 0) is 41.5 Å². The normalized spacial score (nSPS) is 19.9. The van der Waals surface area contributed by atoms with Crippen LogP contribution in [0.2, 0.25) is 0 Å². The van der Waals surface area contributed by atoms with Gasteiger partial charge >= 0.3 is 18.3 Å². The predicted molar refractivity (Wildman–Crippen MR) is 136 cm³/mol. The Morgan fingerprint density at radius 2 is 1.85 bits per heavy atom. The third kappa shape index (κ3) is 8.53. The Labute approximate surface area is 225 Å². The second-order valence-corrected chi connectivity index (χ2v) is 11.4. The van der Waals surface area contributed by atoms with E-state index in [1.807, 2.05) is 0 Å². The van der Waals surface area contributed by atoms with Gasteiger partial charge in [-0.2, -0.15) is 15.0 Å². The van der Waals surface area contributed by atoms with E-state index >= 15 is 0 Å². The van der Waals surface area contributed by atoms with Crippen molar-refractivity contribution in [3.63, 3.8) is 0 Å². The van der Waals surface area contributed by atoms with Gasteiger partial charge in [-0.1, -0.05) is 0 Å². The number of carbonyl (C=O) groups excluding carboxylic acids is 3. The molecule has 3 rings (SSSR count). The lowest BCUT2D eigenvalue weighted by Crippen LogP contribution is -2.68. The van der Waals surface area contributed by atoms with Gasteiger partial charge in [0.1, 0.15) is 22.9 Å². The quantitative estimate of drug-likeness (QED) is 0.215. The van der Waals surface area contributed by atoms with Crippen LogP contribution in [-0.2, 0) is 27.4 Å². The highest BCUT2D eigenvalue weighted by molar-refractivity contribution is 5.98. The number of guanidine groups is 1. The molecule has 216 valence electrons. The molecule has 16 nitrogen and oxygen atoms in total. The zero-order chi connectivity index (χ0) is 29.1. The lowest BCUT2D eigenvalue weighted by atomic mass is 10.0. The van der Waals surface area contributed by atoms with Crippen molar-refractivity contribution in [2.24, 2.45) is 16.6 Å². The van der Waals surface area contributed by atoms with Crippen molar-refractivity contribution in [2.75, 3.05) is 19.6 Å². The molecule has 1 aromatic heterocycles. The number of carbonyl (C=O) groups is 4. The predicted octanol–water partition coefficient (Wildman–Crippen LogP) is 0.331. The number of likely N-dealkylation sites (tertiary alicyclic amines) is 1. The number of nitrogens with zero attached hydrogens (tertiary/aromatic N) is 6. The molecular weight excluding hydrogens is 514 g/mol. The summed E-state index contributed by atoms with van der Waals surface area (Å²) in [5.41, 5.74) is 4.56. The van der Waals surface area contributed by atoms with Crippen LogP contribution in [0.3, 0.4) is 0 Å². The van der Waals surface area contributed by atoms with E-state index in [1.165, 1.54) is 11.0 Å². The summed E-state index contributed by atoms with van der Waals surface area (Å²) < 4.78 is 10.5. The maximum atomic E-state index is 12.5. The number of aliphatic imine (C=N–C) groups is 1. The molecule has 5 N–H and O–H groups in total. The molecule has 0 aliphatic carbocycles. The molecule has 1 aromatic rings. The van der Waals surface area contributed by atoms with Crippen molar-refractivity contribution in [2.45, 2.75) is 77.9 Å². The Balaban J connectivity index is 1.70. The minimum Gasteiger partial charge on any atom is -0.465 e. The summed E-state index contributed by atoms with van der Waals surface area (Å²) in [7, 11) is 0. The van der Waals surface area contributed by atoms with Gasteiger partial charge in [0.15, 0.2) is 0 Å². The van der Waals surface area contributed by atoms with E-state index < -0.39 is 35.5 Å². The third-order valence-corrected chi connectivity index (χ3v) is 5.56. The number of aromatic nitrogens is 3. The molecule has 2 saturated heterocycles. The fraction of sp³-hybridized carbons (Fsp3) is 0.696. The number of nitrogens with two attached hydrogens (primary N) is 1. The molecule has 0 aromatic carbocycles. The van der Waals surface area contributed by atoms with Gasteiger partial charge in [0.25, 0.3) is 0 Å². The van der Waals surface area contributed by atoms with Crippen molar-refractivity contribution < 1.29 is 33.8 Å². The van der Waals surface area contributed by atoms with Gasteiger partial charge in [0.2, 0.25) is 11.9 Å². The number of hydrogen-bond donors (Lipinski definition) is 4. The van der Waals surface area contributed by atoms with Gasteiger partial charge in [-0.25, -0.2) is 19.3 Å². The van der Waals surface area contributed by atoms with Crippen LogP contribution >= 0.6 is 0 Å². The summed E-state index contributed by atoms with van der Waals surface area (Å²) in [6.45, 7) is 11.2. The zero-order valence-electron chi connectivity index (χ0n) is 23.0. The monoisotopic (exact) mass is 551 g/mol. The molecule has 3 heterocycles. The highest BCUT2D eigenvalue weighted by Gasteiger charge is 2.38. The number of carboxylic acid groups (broad SMARTS) is 1. The number of amides is 4. The summed E-state index contributed by atoms with van der Waals surface area (Å²) in [4.78, 5) is 55.9. The molecular formula is C23H37N9O7. The third-order valence-electron chi connectivity index (χ3n) is 5.56. The number of β-lactam (4-membered cyclic amide) rings is 1. The smallest absolute Gasteiger partial charge is 0.437 e. The van der Waals surface area contributed by atoms with Gasteiger partial charge in [-0.3, -0.25) is 4.79 Å². The molecule has 0 spiro atoms. The van der Waals surface area contributed by atoms with Crippen LogP contribution in [0.25, 0.3) is 0 Å². The Morgan fingerprint density at radius 1 is 1.21 bits per heavy atom. The van der Waals surface area contributed by atoms with E-state index in [2.05, 4.69) is 25.8 Å². The maximum Gasteiger partial charge on any atom is 0.437 e. The average Bonchev–Trinajstić information content (AvgIpc) is 3.19. The molecule has 39 heavy (non-hydrogen) atoms. The topological polar surface area (TPSA) is 207 Å². The number of rotatable bonds is 6. The standard InChI is InChI=1S/C23H37N9O7/c1-22(2,3)38-19(34)25-7-13-9-30(10-13)18(28-20(35)39-23(4,5)6)31(21(36)37)11-14-8-26-32(29-14)12-15-16(24)17(33)27-15/h8,13,15-16H,7,9-12,24H2,1-6H3,(H,25,34)(H,27,33)(H,36,37)/t15-,16+/m1/s1. The van der Waals surface area contributed by atoms with Gasteiger partial charge in [-0.15, -0.1) is 4.99 Å². The Kier molecular flexibility index (Phi) is 8.67. The van der Waals surface area contributed by atoms with E-state index in [4.69, 9.17) is 15.2 Å². The lowest BCUT2D eigenvalue weighted by Gasteiger charge is -2.43. The fourth-order valence-corrected chi connectivity index (χ4v) is 3.74. The molecule has 0 saturated carbocycles. The second-order valence-electron chi connectivity index (χ2n) is 11.4. The number of ether oxygens (including phenoxy) is 2. The Morgan fingerprint density at radius 3 is 2.38 bits per heavy atom. The van der Waals surface area contributed by atoms with E-state index in [0.717, 1.165) is 4.90 Å². The number of alkyl carbamates (subject to hydrolysis) is 1. The zero-order valence-corrected chi connectivity index (χ0v) is 23.0. The molecule has 2 aliphatic heterocycles. The summed E-state index contributed by atoms with van der Waals surface area (Å²) >= 11 is 0. The SMILES string of the molecule is CC(C)(C)OC(=O)N=C(N1CC(CNC(=O)OC(C)(C)C)C1)N(Cc1cnn(C[C@H]2NC(=O)[C@H]2N)n1)C(=O)O. The maximum absolute atomic E-state index is 12.5. The van der Waals surface area contributed by atoms with Gasteiger partial charge in [0, 0.05) is 25.6 Å². The van der Waals surface area contributed by atoms with Crippen molar-refractivity contribution in [3.8, 4) is 0 Å². The van der Waals surface area contributed by atoms with Crippen LogP contribution in [-0.4, -0.2) is 103 Å². The van der Waals surface area contributed by atoms with E-state index in [0.29, 0.717) is 19.6 Å². The highest BCUT2D eigenvalue weighted by atomic mass is 16.6. The minimum atomic E-state index is -1.37. The van der Waals surface area contributed by atoms with Gasteiger partial charge < -0.3 is 35.8 Å². The second kappa shape index (κ2) is 11.4. The molecule has 4 amide bonds. The average molecular weight is 552 g/mol. The molecule has 0 bridgehead atoms. The van der Waals surface area contributed by atoms with E-state index in [1.54, 1.807) is 46.4 Å². The highest BCUT2D eigenvalue weighted by Crippen LogP contribution is 2.20. The van der Waals surface area contributed by atoms with Crippen LogP contribution in [0.5, 0.6) is 0 Å². The van der Waals surface area contributed by atoms with Gasteiger partial charge in [0.05, 0.1) is 25.3 Å². The summed E-state index contributed by atoms with van der Waals surface area (Å²) in [6.07, 6.45) is -1.48. The molecule has 0 radical (unpaired) electrons. The van der Waals surface area contributed by atoms with E-state index in [-0.39, 0.29) is 42.6 Å². The first kappa shape index (κ1) is 29.6. The van der Waals surface area contributed by atoms with Crippen LogP contribution in [0.1, 0.15) is 47.2 Å². The van der Waals surface area contributed by atoms with Crippen molar-refractivity contribution >= 4 is 30.1 Å². The first-order valence-corrected chi connectivity index (χ1v) is 12.5.